The van der Waals surface area contributed by atoms with Gasteiger partial charge in [0.25, 0.3) is 0 Å². The molecule has 1 aliphatic heterocycles. The molecule has 1 heterocycles. The lowest BCUT2D eigenvalue weighted by Gasteiger charge is -2.33. The van der Waals surface area contributed by atoms with E-state index in [0.717, 1.165) is 25.8 Å². The number of amides is 1. The molecule has 3 heteroatoms. The maximum absolute atomic E-state index is 12.4. The number of likely N-dealkylation sites (tertiary alicyclic amines) is 1. The quantitative estimate of drug-likeness (QED) is 0.778. The number of aliphatic hydroxyl groups is 1. The van der Waals surface area contributed by atoms with Crippen molar-refractivity contribution in [3.8, 4) is 0 Å². The highest BCUT2D eigenvalue weighted by atomic mass is 16.3. The second kappa shape index (κ2) is 5.17. The van der Waals surface area contributed by atoms with E-state index in [0.29, 0.717) is 11.8 Å². The Morgan fingerprint density at radius 3 is 2.69 bits per heavy atom. The Labute approximate surface area is 97.8 Å². The lowest BCUT2D eigenvalue weighted by Crippen LogP contribution is -2.43. The lowest BCUT2D eigenvalue weighted by atomic mass is 9.79. The van der Waals surface area contributed by atoms with Crippen molar-refractivity contribution in [3.05, 3.63) is 0 Å². The number of nitrogens with zero attached hydrogens (tertiary/aromatic N) is 1. The predicted octanol–water partition coefficient (Wildman–Crippen LogP) is 1.80. The molecule has 1 amide bonds. The Bertz CT molecular complexity index is 250. The zero-order chi connectivity index (χ0) is 11.5. The van der Waals surface area contributed by atoms with Crippen molar-refractivity contribution in [2.75, 3.05) is 13.2 Å². The van der Waals surface area contributed by atoms with Gasteiger partial charge in [0, 0.05) is 12.5 Å². The van der Waals surface area contributed by atoms with Crippen LogP contribution in [0, 0.1) is 11.8 Å². The first-order chi connectivity index (χ1) is 7.74. The van der Waals surface area contributed by atoms with E-state index in [2.05, 4.69) is 6.92 Å². The lowest BCUT2D eigenvalue weighted by molar-refractivity contribution is -0.139. The molecule has 0 unspecified atom stereocenters. The molecule has 1 saturated carbocycles. The molecule has 0 radical (unpaired) electrons. The highest BCUT2D eigenvalue weighted by Gasteiger charge is 2.35. The molecular weight excluding hydrogens is 202 g/mol. The van der Waals surface area contributed by atoms with E-state index in [9.17, 15) is 9.90 Å². The topological polar surface area (TPSA) is 40.5 Å². The number of carbonyl (C=O) groups excluding carboxylic acids is 1. The molecule has 0 aromatic heterocycles. The predicted molar refractivity (Wildman–Crippen MR) is 62.9 cm³/mol. The van der Waals surface area contributed by atoms with Crippen molar-refractivity contribution in [3.63, 3.8) is 0 Å². The Balaban J connectivity index is 2.00. The molecule has 2 aliphatic rings. The molecule has 0 bridgehead atoms. The van der Waals surface area contributed by atoms with Crippen LogP contribution in [-0.2, 0) is 4.79 Å². The first kappa shape index (κ1) is 11.9. The Hall–Kier alpha value is -0.570. The summed E-state index contributed by atoms with van der Waals surface area (Å²) >= 11 is 0. The Morgan fingerprint density at radius 1 is 1.25 bits per heavy atom. The average molecular weight is 225 g/mol. The van der Waals surface area contributed by atoms with Crippen LogP contribution in [0.1, 0.15) is 45.4 Å². The van der Waals surface area contributed by atoms with Crippen molar-refractivity contribution >= 4 is 5.91 Å². The van der Waals surface area contributed by atoms with E-state index < -0.39 is 0 Å². The molecule has 3 atom stereocenters. The Morgan fingerprint density at radius 2 is 2.00 bits per heavy atom. The smallest absolute Gasteiger partial charge is 0.226 e. The molecule has 0 spiro atoms. The molecule has 1 saturated heterocycles. The molecule has 2 fully saturated rings. The molecular formula is C13H23NO2. The van der Waals surface area contributed by atoms with Gasteiger partial charge in [0.15, 0.2) is 0 Å². The molecule has 92 valence electrons. The zero-order valence-corrected chi connectivity index (χ0v) is 10.2. The van der Waals surface area contributed by atoms with Gasteiger partial charge in [-0.3, -0.25) is 4.79 Å². The van der Waals surface area contributed by atoms with Gasteiger partial charge < -0.3 is 10.0 Å². The normalized spacial score (nSPS) is 35.4. The molecule has 16 heavy (non-hydrogen) atoms. The highest BCUT2D eigenvalue weighted by Crippen LogP contribution is 2.32. The summed E-state index contributed by atoms with van der Waals surface area (Å²) in [5, 5.41) is 9.26. The summed E-state index contributed by atoms with van der Waals surface area (Å²) in [6.45, 7) is 3.19. The second-order valence-corrected chi connectivity index (χ2v) is 5.38. The third-order valence-corrected chi connectivity index (χ3v) is 4.30. The minimum atomic E-state index is 0.0987. The van der Waals surface area contributed by atoms with Crippen molar-refractivity contribution in [2.24, 2.45) is 11.8 Å². The number of aliphatic hydroxyl groups excluding tert-OH is 1. The third-order valence-electron chi connectivity index (χ3n) is 4.30. The van der Waals surface area contributed by atoms with Crippen LogP contribution in [0.5, 0.6) is 0 Å². The summed E-state index contributed by atoms with van der Waals surface area (Å²) in [6, 6.07) is 0.0987. The van der Waals surface area contributed by atoms with Crippen LogP contribution in [-0.4, -0.2) is 35.1 Å². The van der Waals surface area contributed by atoms with Crippen LogP contribution in [0.2, 0.25) is 0 Å². The first-order valence-corrected chi connectivity index (χ1v) is 6.65. The van der Waals surface area contributed by atoms with Crippen LogP contribution in [0.4, 0.5) is 0 Å². The summed E-state index contributed by atoms with van der Waals surface area (Å²) < 4.78 is 0. The third kappa shape index (κ3) is 2.24. The SMILES string of the molecule is C[C@H]1CCCC[C@H]1C(=O)N1CCC[C@H]1CO. The van der Waals surface area contributed by atoms with E-state index in [1.54, 1.807) is 0 Å². The fourth-order valence-corrected chi connectivity index (χ4v) is 3.21. The van der Waals surface area contributed by atoms with Crippen LogP contribution in [0.25, 0.3) is 0 Å². The van der Waals surface area contributed by atoms with E-state index in [-0.39, 0.29) is 18.6 Å². The monoisotopic (exact) mass is 225 g/mol. The van der Waals surface area contributed by atoms with Gasteiger partial charge in [-0.15, -0.1) is 0 Å². The number of carbonyl (C=O) groups is 1. The van der Waals surface area contributed by atoms with Gasteiger partial charge in [0.2, 0.25) is 5.91 Å². The molecule has 0 aromatic rings. The van der Waals surface area contributed by atoms with Gasteiger partial charge in [-0.1, -0.05) is 19.8 Å². The number of hydrogen-bond donors (Lipinski definition) is 1. The molecule has 2 rings (SSSR count). The maximum atomic E-state index is 12.4. The van der Waals surface area contributed by atoms with Gasteiger partial charge in [-0.25, -0.2) is 0 Å². The fourth-order valence-electron chi connectivity index (χ4n) is 3.21. The molecule has 3 nitrogen and oxygen atoms in total. The second-order valence-electron chi connectivity index (χ2n) is 5.38. The van der Waals surface area contributed by atoms with Gasteiger partial charge >= 0.3 is 0 Å². The minimum absolute atomic E-state index is 0.0987. The summed E-state index contributed by atoms with van der Waals surface area (Å²) in [5.41, 5.74) is 0. The maximum Gasteiger partial charge on any atom is 0.226 e. The van der Waals surface area contributed by atoms with Crippen molar-refractivity contribution in [1.29, 1.82) is 0 Å². The summed E-state index contributed by atoms with van der Waals surface area (Å²) in [4.78, 5) is 14.3. The van der Waals surface area contributed by atoms with Gasteiger partial charge in [0.1, 0.15) is 0 Å². The molecule has 1 N–H and O–H groups in total. The zero-order valence-electron chi connectivity index (χ0n) is 10.2. The largest absolute Gasteiger partial charge is 0.394 e. The van der Waals surface area contributed by atoms with E-state index in [1.165, 1.54) is 19.3 Å². The number of hydrogen-bond acceptors (Lipinski definition) is 2. The molecule has 1 aliphatic carbocycles. The van der Waals surface area contributed by atoms with Crippen LogP contribution in [0.15, 0.2) is 0 Å². The standard InChI is InChI=1S/C13H23NO2/c1-10-5-2-3-7-12(10)13(16)14-8-4-6-11(14)9-15/h10-12,15H,2-9H2,1H3/t10-,11-,12+/m0/s1. The van der Waals surface area contributed by atoms with Gasteiger partial charge in [-0.05, 0) is 31.6 Å². The fraction of sp³-hybridized carbons (Fsp3) is 0.923. The van der Waals surface area contributed by atoms with Crippen molar-refractivity contribution < 1.29 is 9.90 Å². The Kier molecular flexibility index (Phi) is 3.85. The van der Waals surface area contributed by atoms with Gasteiger partial charge in [-0.2, -0.15) is 0 Å². The summed E-state index contributed by atoms with van der Waals surface area (Å²) in [6.07, 6.45) is 6.73. The highest BCUT2D eigenvalue weighted by molar-refractivity contribution is 5.79. The van der Waals surface area contributed by atoms with Crippen LogP contribution in [0.3, 0.4) is 0 Å². The first-order valence-electron chi connectivity index (χ1n) is 6.65. The van der Waals surface area contributed by atoms with Crippen LogP contribution >= 0.6 is 0 Å². The van der Waals surface area contributed by atoms with Crippen molar-refractivity contribution in [2.45, 2.75) is 51.5 Å². The van der Waals surface area contributed by atoms with E-state index >= 15 is 0 Å². The van der Waals surface area contributed by atoms with Crippen molar-refractivity contribution in [1.82, 2.24) is 4.90 Å². The van der Waals surface area contributed by atoms with E-state index in [4.69, 9.17) is 0 Å². The summed E-state index contributed by atoms with van der Waals surface area (Å²) in [7, 11) is 0. The summed E-state index contributed by atoms with van der Waals surface area (Å²) in [5.74, 6) is 1.06. The van der Waals surface area contributed by atoms with Gasteiger partial charge in [0.05, 0.1) is 12.6 Å². The van der Waals surface area contributed by atoms with E-state index in [1.807, 2.05) is 4.90 Å². The van der Waals surface area contributed by atoms with Crippen LogP contribution < -0.4 is 0 Å². The number of rotatable bonds is 2. The minimum Gasteiger partial charge on any atom is -0.394 e. The average Bonchev–Trinajstić information content (AvgIpc) is 2.77. The molecule has 0 aromatic carbocycles.